The molecule has 3 rings (SSSR count). The molecule has 24 heavy (non-hydrogen) atoms. The fraction of sp³-hybridized carbons (Fsp3) is 0.312. The molecule has 8 heteroatoms. The van der Waals surface area contributed by atoms with Crippen LogP contribution < -0.4 is 4.74 Å². The zero-order valence-electron chi connectivity index (χ0n) is 13.0. The normalized spacial score (nSPS) is 15.1. The standard InChI is InChI=1S/C16H16F2N2O3S/c1-2-23-16-4-3-11-10-20(6-5-15(11)19-16)24(21,22)14-8-12(17)7-13(18)9-14/h3-4,7-9H,2,5-6,10H2,1H3. The predicted octanol–water partition coefficient (Wildman–Crippen LogP) is 2.51. The van der Waals surface area contributed by atoms with Crippen LogP contribution in [0.2, 0.25) is 0 Å². The Balaban J connectivity index is 1.89. The van der Waals surface area contributed by atoms with Crippen LogP contribution in [0.15, 0.2) is 35.2 Å². The minimum absolute atomic E-state index is 0.106. The lowest BCUT2D eigenvalue weighted by Crippen LogP contribution is -2.36. The van der Waals surface area contributed by atoms with Gasteiger partial charge in [0.25, 0.3) is 0 Å². The van der Waals surface area contributed by atoms with Crippen molar-refractivity contribution >= 4 is 10.0 Å². The molecule has 128 valence electrons. The first kappa shape index (κ1) is 16.8. The number of halogens is 2. The van der Waals surface area contributed by atoms with Crippen LogP contribution in [0.3, 0.4) is 0 Å². The quantitative estimate of drug-likeness (QED) is 0.846. The lowest BCUT2D eigenvalue weighted by molar-refractivity contribution is 0.322. The van der Waals surface area contributed by atoms with Crippen molar-refractivity contribution in [1.82, 2.24) is 9.29 Å². The zero-order valence-corrected chi connectivity index (χ0v) is 13.8. The molecule has 0 bridgehead atoms. The van der Waals surface area contributed by atoms with E-state index in [-0.39, 0.29) is 18.0 Å². The summed E-state index contributed by atoms with van der Waals surface area (Å²) < 4.78 is 58.4. The van der Waals surface area contributed by atoms with Gasteiger partial charge in [0.05, 0.1) is 17.2 Å². The lowest BCUT2D eigenvalue weighted by atomic mass is 10.1. The molecule has 1 aliphatic rings. The Morgan fingerprint density at radius 3 is 2.58 bits per heavy atom. The Morgan fingerprint density at radius 1 is 1.21 bits per heavy atom. The Kier molecular flexibility index (Phi) is 4.51. The van der Waals surface area contributed by atoms with Gasteiger partial charge in [-0.2, -0.15) is 4.31 Å². The summed E-state index contributed by atoms with van der Waals surface area (Å²) in [5.41, 5.74) is 1.53. The van der Waals surface area contributed by atoms with Crippen molar-refractivity contribution < 1.29 is 21.9 Å². The Bertz CT molecular complexity index is 851. The molecule has 1 aliphatic heterocycles. The summed E-state index contributed by atoms with van der Waals surface area (Å²) in [5.74, 6) is -1.34. The van der Waals surface area contributed by atoms with Crippen LogP contribution in [0.1, 0.15) is 18.2 Å². The number of benzene rings is 1. The summed E-state index contributed by atoms with van der Waals surface area (Å²) in [6.45, 7) is 2.65. The Morgan fingerprint density at radius 2 is 1.92 bits per heavy atom. The van der Waals surface area contributed by atoms with Crippen molar-refractivity contribution in [3.05, 3.63) is 53.2 Å². The van der Waals surface area contributed by atoms with Crippen molar-refractivity contribution in [2.24, 2.45) is 0 Å². The maximum atomic E-state index is 13.3. The number of nitrogens with zero attached hydrogens (tertiary/aromatic N) is 2. The second-order valence-electron chi connectivity index (χ2n) is 5.38. The highest BCUT2D eigenvalue weighted by atomic mass is 32.2. The molecule has 0 atom stereocenters. The van der Waals surface area contributed by atoms with Gasteiger partial charge in [0.1, 0.15) is 11.6 Å². The van der Waals surface area contributed by atoms with Gasteiger partial charge in [0.2, 0.25) is 15.9 Å². The smallest absolute Gasteiger partial charge is 0.243 e. The molecular weight excluding hydrogens is 338 g/mol. The van der Waals surface area contributed by atoms with Crippen molar-refractivity contribution in [3.8, 4) is 5.88 Å². The summed E-state index contributed by atoms with van der Waals surface area (Å²) >= 11 is 0. The Hall–Kier alpha value is -2.06. The van der Waals surface area contributed by atoms with Crippen LogP contribution in [0.4, 0.5) is 8.78 Å². The van der Waals surface area contributed by atoms with Crippen LogP contribution >= 0.6 is 0 Å². The highest BCUT2D eigenvalue weighted by Gasteiger charge is 2.29. The molecular formula is C16H16F2N2O3S. The molecule has 2 heterocycles. The molecule has 0 amide bonds. The number of pyridine rings is 1. The molecule has 0 spiro atoms. The van der Waals surface area contributed by atoms with Gasteiger partial charge in [0.15, 0.2) is 0 Å². The molecule has 0 unspecified atom stereocenters. The van der Waals surface area contributed by atoms with E-state index in [1.54, 1.807) is 12.1 Å². The van der Waals surface area contributed by atoms with Gasteiger partial charge in [0, 0.05) is 31.6 Å². The summed E-state index contributed by atoms with van der Waals surface area (Å²) in [7, 11) is -3.98. The van der Waals surface area contributed by atoms with E-state index in [1.165, 1.54) is 4.31 Å². The van der Waals surface area contributed by atoms with E-state index < -0.39 is 21.7 Å². The summed E-state index contributed by atoms with van der Waals surface area (Å²) in [6, 6.07) is 5.74. The number of rotatable bonds is 4. The van der Waals surface area contributed by atoms with E-state index in [0.717, 1.165) is 23.4 Å². The third-order valence-corrected chi connectivity index (χ3v) is 5.58. The molecule has 0 saturated carbocycles. The number of hydrogen-bond donors (Lipinski definition) is 0. The fourth-order valence-electron chi connectivity index (χ4n) is 2.63. The average molecular weight is 354 g/mol. The number of ether oxygens (including phenoxy) is 1. The SMILES string of the molecule is CCOc1ccc2c(n1)CCN(S(=O)(=O)c1cc(F)cc(F)c1)C2. The molecule has 0 aliphatic carbocycles. The minimum atomic E-state index is -3.98. The highest BCUT2D eigenvalue weighted by Crippen LogP contribution is 2.26. The van der Waals surface area contributed by atoms with E-state index >= 15 is 0 Å². The van der Waals surface area contributed by atoms with Crippen molar-refractivity contribution in [1.29, 1.82) is 0 Å². The first-order chi connectivity index (χ1) is 11.4. The predicted molar refractivity (Wildman–Crippen MR) is 83.1 cm³/mol. The van der Waals surface area contributed by atoms with Crippen LogP contribution in [0.5, 0.6) is 5.88 Å². The van der Waals surface area contributed by atoms with Crippen molar-refractivity contribution in [3.63, 3.8) is 0 Å². The van der Waals surface area contributed by atoms with E-state index in [2.05, 4.69) is 4.98 Å². The first-order valence-corrected chi connectivity index (χ1v) is 8.92. The van der Waals surface area contributed by atoms with Crippen molar-refractivity contribution in [2.75, 3.05) is 13.2 Å². The van der Waals surface area contributed by atoms with Crippen LogP contribution in [0, 0.1) is 11.6 Å². The topological polar surface area (TPSA) is 59.5 Å². The third-order valence-electron chi connectivity index (χ3n) is 3.75. The second-order valence-corrected chi connectivity index (χ2v) is 7.32. The van der Waals surface area contributed by atoms with E-state index in [4.69, 9.17) is 4.74 Å². The number of fused-ring (bicyclic) bond motifs is 1. The molecule has 2 aromatic rings. The van der Waals surface area contributed by atoms with Gasteiger partial charge >= 0.3 is 0 Å². The maximum Gasteiger partial charge on any atom is 0.243 e. The lowest BCUT2D eigenvalue weighted by Gasteiger charge is -2.27. The van der Waals surface area contributed by atoms with Gasteiger partial charge in [-0.25, -0.2) is 22.2 Å². The maximum absolute atomic E-state index is 13.3. The molecule has 0 radical (unpaired) electrons. The van der Waals surface area contributed by atoms with Crippen LogP contribution in [-0.2, 0) is 23.0 Å². The van der Waals surface area contributed by atoms with Crippen LogP contribution in [0.25, 0.3) is 0 Å². The van der Waals surface area contributed by atoms with Gasteiger partial charge in [-0.15, -0.1) is 0 Å². The van der Waals surface area contributed by atoms with E-state index in [9.17, 15) is 17.2 Å². The number of aromatic nitrogens is 1. The monoisotopic (exact) mass is 354 g/mol. The van der Waals surface area contributed by atoms with Gasteiger partial charge < -0.3 is 4.74 Å². The van der Waals surface area contributed by atoms with E-state index in [1.807, 2.05) is 6.92 Å². The summed E-state index contributed by atoms with van der Waals surface area (Å²) in [6.07, 6.45) is 0.410. The molecule has 0 saturated heterocycles. The largest absolute Gasteiger partial charge is 0.478 e. The molecule has 0 N–H and O–H groups in total. The van der Waals surface area contributed by atoms with Crippen LogP contribution in [-0.4, -0.2) is 30.9 Å². The summed E-state index contributed by atoms with van der Waals surface area (Å²) in [5, 5.41) is 0. The second kappa shape index (κ2) is 6.45. The van der Waals surface area contributed by atoms with Gasteiger partial charge in [-0.1, -0.05) is 6.07 Å². The molecule has 5 nitrogen and oxygen atoms in total. The number of sulfonamides is 1. The minimum Gasteiger partial charge on any atom is -0.478 e. The average Bonchev–Trinajstić information content (AvgIpc) is 2.53. The molecule has 0 fully saturated rings. The van der Waals surface area contributed by atoms with E-state index in [0.29, 0.717) is 25.0 Å². The highest BCUT2D eigenvalue weighted by molar-refractivity contribution is 7.89. The first-order valence-electron chi connectivity index (χ1n) is 7.48. The molecule has 1 aromatic heterocycles. The zero-order chi connectivity index (χ0) is 17.3. The van der Waals surface area contributed by atoms with Crippen molar-refractivity contribution in [2.45, 2.75) is 24.8 Å². The van der Waals surface area contributed by atoms with Gasteiger partial charge in [-0.05, 0) is 24.6 Å². The molecule has 1 aromatic carbocycles. The third kappa shape index (κ3) is 3.25. The fourth-order valence-corrected chi connectivity index (χ4v) is 4.09. The summed E-state index contributed by atoms with van der Waals surface area (Å²) in [4.78, 5) is 3.97. The van der Waals surface area contributed by atoms with Gasteiger partial charge in [-0.3, -0.25) is 0 Å². The Labute approximate surface area is 138 Å². The number of hydrogen-bond acceptors (Lipinski definition) is 4.